The molecule has 0 aliphatic carbocycles. The summed E-state index contributed by atoms with van der Waals surface area (Å²) in [6.07, 6.45) is 1.75. The van der Waals surface area contributed by atoms with Crippen LogP contribution in [0.4, 0.5) is 0 Å². The maximum absolute atomic E-state index is 3.61. The van der Waals surface area contributed by atoms with E-state index in [2.05, 4.69) is 161 Å². The van der Waals surface area contributed by atoms with Crippen LogP contribution in [-0.2, 0) is 0 Å². The van der Waals surface area contributed by atoms with Crippen LogP contribution in [0.25, 0.3) is 60.4 Å². The van der Waals surface area contributed by atoms with E-state index in [4.69, 9.17) is 0 Å². The van der Waals surface area contributed by atoms with Gasteiger partial charge in [0, 0.05) is 21.2 Å². The molecular formula is C38H30BrN. The minimum atomic E-state index is 1.10. The van der Waals surface area contributed by atoms with E-state index in [0.29, 0.717) is 0 Å². The first-order valence-corrected chi connectivity index (χ1v) is 14.3. The largest absolute Gasteiger partial charge is 0.314 e. The average Bonchev–Trinajstić information content (AvgIpc) is 3.31. The van der Waals surface area contributed by atoms with Crippen molar-refractivity contribution in [3.63, 3.8) is 0 Å². The third-order valence-corrected chi connectivity index (χ3v) is 7.85. The number of hydrogen-bond acceptors (Lipinski definition) is 0. The molecule has 1 aromatic heterocycles. The van der Waals surface area contributed by atoms with Crippen LogP contribution >= 0.6 is 15.9 Å². The van der Waals surface area contributed by atoms with Crippen LogP contribution in [0.5, 0.6) is 0 Å². The van der Waals surface area contributed by atoms with Gasteiger partial charge in [0.2, 0.25) is 0 Å². The van der Waals surface area contributed by atoms with Crippen LogP contribution in [0.15, 0.2) is 145 Å². The van der Waals surface area contributed by atoms with Gasteiger partial charge in [0.15, 0.2) is 0 Å². The Bertz CT molecular complexity index is 1920. The Morgan fingerprint density at radius 2 is 1.07 bits per heavy atom. The maximum Gasteiger partial charge on any atom is 0.0532 e. The molecule has 1 heterocycles. The predicted molar refractivity (Wildman–Crippen MR) is 177 cm³/mol. The molecule has 6 aromatic carbocycles. The summed E-state index contributed by atoms with van der Waals surface area (Å²) in [5, 5.41) is 6.36. The van der Waals surface area contributed by atoms with Crippen LogP contribution in [0.1, 0.15) is 12.6 Å². The van der Waals surface area contributed by atoms with Crippen LogP contribution in [0.3, 0.4) is 0 Å². The number of allylic oxidation sites excluding steroid dienone is 1. The van der Waals surface area contributed by atoms with E-state index in [0.717, 1.165) is 4.47 Å². The summed E-state index contributed by atoms with van der Waals surface area (Å²) < 4.78 is 3.44. The molecule has 2 heteroatoms. The second-order valence-corrected chi connectivity index (χ2v) is 10.9. The van der Waals surface area contributed by atoms with Crippen molar-refractivity contribution in [3.05, 3.63) is 150 Å². The predicted octanol–water partition coefficient (Wildman–Crippen LogP) is 11.5. The molecule has 1 nitrogen and oxygen atoms in total. The number of benzene rings is 6. The topological polar surface area (TPSA) is 4.93 Å². The monoisotopic (exact) mass is 579 g/mol. The van der Waals surface area contributed by atoms with Gasteiger partial charge in [-0.25, -0.2) is 0 Å². The van der Waals surface area contributed by atoms with E-state index in [9.17, 15) is 0 Å². The van der Waals surface area contributed by atoms with Gasteiger partial charge in [-0.2, -0.15) is 0 Å². The van der Waals surface area contributed by atoms with Crippen molar-refractivity contribution in [2.24, 2.45) is 0 Å². The summed E-state index contributed by atoms with van der Waals surface area (Å²) in [5.74, 6) is 0. The molecule has 0 N–H and O–H groups in total. The number of aryl methyl sites for hydroxylation is 1. The lowest BCUT2D eigenvalue weighted by Gasteiger charge is -2.18. The highest BCUT2D eigenvalue weighted by molar-refractivity contribution is 9.10. The molecule has 0 spiro atoms. The quantitative estimate of drug-likeness (QED) is 0.145. The van der Waals surface area contributed by atoms with Gasteiger partial charge in [-0.1, -0.05) is 113 Å². The molecule has 7 rings (SSSR count). The summed E-state index contributed by atoms with van der Waals surface area (Å²) in [6, 6.07) is 46.2. The van der Waals surface area contributed by atoms with Gasteiger partial charge in [0.25, 0.3) is 0 Å². The zero-order valence-electron chi connectivity index (χ0n) is 22.7. The van der Waals surface area contributed by atoms with E-state index in [1.54, 1.807) is 6.08 Å². The Morgan fingerprint density at radius 3 is 1.60 bits per heavy atom. The standard InChI is InChI=1S/C35H24BrN.C3H6/c1-23-21-26-22-27(36)17-20-33(26)37(23)28-18-15-25(16-19-28)35-31-13-7-5-11-29(31)34(24-9-3-2-4-10-24)30-12-6-8-14-32(30)35;1-3-2/h2-22H,1H3;3H,1H2,2H3. The fourth-order valence-electron chi connectivity index (χ4n) is 5.80. The van der Waals surface area contributed by atoms with Crippen molar-refractivity contribution in [3.8, 4) is 27.9 Å². The van der Waals surface area contributed by atoms with E-state index >= 15 is 0 Å². The van der Waals surface area contributed by atoms with Crippen molar-refractivity contribution in [1.29, 1.82) is 0 Å². The first kappa shape index (κ1) is 25.9. The van der Waals surface area contributed by atoms with Gasteiger partial charge in [0.05, 0.1) is 5.52 Å². The normalized spacial score (nSPS) is 11.0. The maximum atomic E-state index is 3.61. The minimum Gasteiger partial charge on any atom is -0.314 e. The number of hydrogen-bond donors (Lipinski definition) is 0. The highest BCUT2D eigenvalue weighted by atomic mass is 79.9. The third kappa shape index (κ3) is 4.55. The molecule has 0 bridgehead atoms. The summed E-state index contributed by atoms with van der Waals surface area (Å²) in [4.78, 5) is 0. The number of halogens is 1. The zero-order chi connectivity index (χ0) is 27.6. The molecular weight excluding hydrogens is 550 g/mol. The Kier molecular flexibility index (Phi) is 7.11. The van der Waals surface area contributed by atoms with Crippen molar-refractivity contribution in [2.75, 3.05) is 0 Å². The molecule has 0 saturated carbocycles. The molecule has 0 unspecified atom stereocenters. The highest BCUT2D eigenvalue weighted by Crippen LogP contribution is 2.43. The summed E-state index contributed by atoms with van der Waals surface area (Å²) in [7, 11) is 0. The minimum absolute atomic E-state index is 1.10. The Labute approximate surface area is 244 Å². The van der Waals surface area contributed by atoms with Gasteiger partial charge in [0.1, 0.15) is 0 Å². The average molecular weight is 581 g/mol. The second kappa shape index (κ2) is 11.0. The molecule has 0 aliphatic heterocycles. The zero-order valence-corrected chi connectivity index (χ0v) is 24.3. The van der Waals surface area contributed by atoms with Gasteiger partial charge in [-0.15, -0.1) is 6.58 Å². The van der Waals surface area contributed by atoms with Gasteiger partial charge in [-0.3, -0.25) is 0 Å². The van der Waals surface area contributed by atoms with Crippen molar-refractivity contribution < 1.29 is 0 Å². The SMILES string of the molecule is C=CC.Cc1cc2cc(Br)ccc2n1-c1ccc(-c2c3ccccc3c(-c3ccccc3)c3ccccc23)cc1. The molecule has 7 aromatic rings. The lowest BCUT2D eigenvalue weighted by atomic mass is 9.86. The van der Waals surface area contributed by atoms with E-state index in [1.807, 2.05) is 6.92 Å². The summed E-state index contributed by atoms with van der Waals surface area (Å²) in [5.41, 5.74) is 8.68. The number of aromatic nitrogens is 1. The van der Waals surface area contributed by atoms with Crippen LogP contribution in [0, 0.1) is 6.92 Å². The molecule has 0 aliphatic rings. The van der Waals surface area contributed by atoms with Crippen molar-refractivity contribution >= 4 is 48.4 Å². The molecule has 194 valence electrons. The lowest BCUT2D eigenvalue weighted by Crippen LogP contribution is -1.96. The van der Waals surface area contributed by atoms with Crippen LogP contribution < -0.4 is 0 Å². The molecule has 0 saturated heterocycles. The fourth-order valence-corrected chi connectivity index (χ4v) is 6.18. The van der Waals surface area contributed by atoms with Crippen molar-refractivity contribution in [1.82, 2.24) is 4.57 Å². The van der Waals surface area contributed by atoms with Crippen LogP contribution in [0.2, 0.25) is 0 Å². The molecule has 40 heavy (non-hydrogen) atoms. The molecule has 0 fully saturated rings. The smallest absolute Gasteiger partial charge is 0.0532 e. The summed E-state index contributed by atoms with van der Waals surface area (Å²) in [6.45, 7) is 7.42. The van der Waals surface area contributed by atoms with Gasteiger partial charge >= 0.3 is 0 Å². The lowest BCUT2D eigenvalue weighted by molar-refractivity contribution is 1.05. The molecule has 0 amide bonds. The first-order chi connectivity index (χ1) is 19.6. The third-order valence-electron chi connectivity index (χ3n) is 7.36. The Hall–Kier alpha value is -4.40. The number of rotatable bonds is 3. The van der Waals surface area contributed by atoms with E-state index in [1.165, 1.54) is 66.1 Å². The fraction of sp³-hybridized carbons (Fsp3) is 0.0526. The highest BCUT2D eigenvalue weighted by Gasteiger charge is 2.16. The molecule has 0 atom stereocenters. The number of fused-ring (bicyclic) bond motifs is 3. The molecule has 0 radical (unpaired) electrons. The summed E-state index contributed by atoms with van der Waals surface area (Å²) >= 11 is 3.61. The van der Waals surface area contributed by atoms with Crippen molar-refractivity contribution in [2.45, 2.75) is 13.8 Å². The van der Waals surface area contributed by atoms with E-state index in [-0.39, 0.29) is 0 Å². The second-order valence-electron chi connectivity index (χ2n) is 9.99. The van der Waals surface area contributed by atoms with Gasteiger partial charge in [-0.05, 0) is 94.0 Å². The Morgan fingerprint density at radius 1 is 0.600 bits per heavy atom. The number of nitrogens with zero attached hydrogens (tertiary/aromatic N) is 1. The first-order valence-electron chi connectivity index (χ1n) is 13.5. The van der Waals surface area contributed by atoms with Gasteiger partial charge < -0.3 is 4.57 Å². The van der Waals surface area contributed by atoms with E-state index < -0.39 is 0 Å². The van der Waals surface area contributed by atoms with Crippen LogP contribution in [-0.4, -0.2) is 4.57 Å². The Balaban J connectivity index is 0.000000925.